The summed E-state index contributed by atoms with van der Waals surface area (Å²) in [6.45, 7) is 7.91. The van der Waals surface area contributed by atoms with E-state index in [1.165, 1.54) is 0 Å². The first kappa shape index (κ1) is 19.3. The molecule has 0 saturated carbocycles. The van der Waals surface area contributed by atoms with E-state index in [0.29, 0.717) is 17.1 Å². The van der Waals surface area contributed by atoms with Gasteiger partial charge in [0.15, 0.2) is 0 Å². The summed E-state index contributed by atoms with van der Waals surface area (Å²) in [5.74, 6) is -0.752. The molecule has 0 saturated heterocycles. The number of amides is 2. The molecule has 2 rings (SSSR count). The summed E-state index contributed by atoms with van der Waals surface area (Å²) in [5, 5.41) is 5.23. The number of carbonyl (C=O) groups is 2. The number of carbonyl (C=O) groups excluding carboxylic acids is 2. The summed E-state index contributed by atoms with van der Waals surface area (Å²) in [6, 6.07) is 12.5. The summed E-state index contributed by atoms with van der Waals surface area (Å²) >= 11 is 0. The summed E-state index contributed by atoms with van der Waals surface area (Å²) < 4.78 is 5.06. The molecule has 0 fully saturated rings. The Balaban J connectivity index is 2.02. The minimum atomic E-state index is -0.720. The monoisotopic (exact) mass is 355 g/mol. The molecule has 26 heavy (non-hydrogen) atoms. The lowest BCUT2D eigenvalue weighted by Gasteiger charge is -2.22. The average molecular weight is 355 g/mol. The van der Waals surface area contributed by atoms with Crippen LogP contribution in [0.1, 0.15) is 19.4 Å². The lowest BCUT2D eigenvalue weighted by atomic mass is 10.1. The third-order valence-corrected chi connectivity index (χ3v) is 4.14. The molecule has 0 aliphatic carbocycles. The fourth-order valence-electron chi connectivity index (χ4n) is 2.61. The Bertz CT molecular complexity index is 768. The van der Waals surface area contributed by atoms with E-state index < -0.39 is 11.8 Å². The van der Waals surface area contributed by atoms with E-state index in [9.17, 15) is 9.59 Å². The highest BCUT2D eigenvalue weighted by Gasteiger charge is 2.15. The van der Waals surface area contributed by atoms with Crippen molar-refractivity contribution in [3.63, 3.8) is 0 Å². The first-order valence-electron chi connectivity index (χ1n) is 8.60. The molecule has 0 unspecified atom stereocenters. The van der Waals surface area contributed by atoms with Crippen LogP contribution in [0.25, 0.3) is 0 Å². The number of nitrogens with zero attached hydrogens (tertiary/aromatic N) is 1. The number of anilines is 3. The van der Waals surface area contributed by atoms with Crippen molar-refractivity contribution in [3.05, 3.63) is 48.0 Å². The molecule has 2 amide bonds. The SMILES string of the molecule is CCN(CC)c1ccc(NC(=O)C(=O)Nc2ccc(OC)cc2)c(C)c1. The van der Waals surface area contributed by atoms with Gasteiger partial charge in [0.05, 0.1) is 7.11 Å². The molecular weight excluding hydrogens is 330 g/mol. The molecule has 0 heterocycles. The van der Waals surface area contributed by atoms with Gasteiger partial charge in [-0.15, -0.1) is 0 Å². The van der Waals surface area contributed by atoms with Crippen LogP contribution < -0.4 is 20.3 Å². The number of nitrogens with one attached hydrogen (secondary N) is 2. The molecule has 0 aliphatic rings. The Morgan fingerprint density at radius 2 is 1.58 bits per heavy atom. The number of hydrogen-bond acceptors (Lipinski definition) is 4. The minimum Gasteiger partial charge on any atom is -0.497 e. The zero-order valence-corrected chi connectivity index (χ0v) is 15.6. The largest absolute Gasteiger partial charge is 0.497 e. The van der Waals surface area contributed by atoms with E-state index in [1.54, 1.807) is 31.4 Å². The van der Waals surface area contributed by atoms with Crippen molar-refractivity contribution in [2.24, 2.45) is 0 Å². The highest BCUT2D eigenvalue weighted by atomic mass is 16.5. The van der Waals surface area contributed by atoms with Gasteiger partial charge in [0.1, 0.15) is 5.75 Å². The summed E-state index contributed by atoms with van der Waals surface area (Å²) in [6.07, 6.45) is 0. The highest BCUT2D eigenvalue weighted by Crippen LogP contribution is 2.23. The Labute approximate surface area is 154 Å². The zero-order valence-electron chi connectivity index (χ0n) is 15.6. The molecule has 0 aliphatic heterocycles. The number of hydrogen-bond donors (Lipinski definition) is 2. The van der Waals surface area contributed by atoms with Crippen molar-refractivity contribution >= 4 is 28.9 Å². The molecule has 0 aromatic heterocycles. The molecule has 0 spiro atoms. The van der Waals surface area contributed by atoms with Crippen LogP contribution in [0.2, 0.25) is 0 Å². The minimum absolute atomic E-state index is 0.527. The predicted octanol–water partition coefficient (Wildman–Crippen LogP) is 3.43. The number of rotatable bonds is 6. The van der Waals surface area contributed by atoms with Crippen LogP contribution in [0.4, 0.5) is 17.1 Å². The first-order chi connectivity index (χ1) is 12.5. The van der Waals surface area contributed by atoms with E-state index in [2.05, 4.69) is 29.4 Å². The first-order valence-corrected chi connectivity index (χ1v) is 8.60. The molecular formula is C20H25N3O3. The fraction of sp³-hybridized carbons (Fsp3) is 0.300. The number of methoxy groups -OCH3 is 1. The van der Waals surface area contributed by atoms with Crippen molar-refractivity contribution in [1.29, 1.82) is 0 Å². The van der Waals surface area contributed by atoms with Crippen molar-refractivity contribution < 1.29 is 14.3 Å². The second kappa shape index (κ2) is 8.89. The van der Waals surface area contributed by atoms with E-state index in [4.69, 9.17) is 4.74 Å². The summed E-state index contributed by atoms with van der Waals surface area (Å²) in [5.41, 5.74) is 3.14. The molecule has 138 valence electrons. The van der Waals surface area contributed by atoms with Gasteiger partial charge in [0.25, 0.3) is 0 Å². The fourth-order valence-corrected chi connectivity index (χ4v) is 2.61. The Kier molecular flexibility index (Phi) is 6.60. The third kappa shape index (κ3) is 4.75. The van der Waals surface area contributed by atoms with Crippen LogP contribution in [0.3, 0.4) is 0 Å². The maximum Gasteiger partial charge on any atom is 0.314 e. The van der Waals surface area contributed by atoms with Crippen LogP contribution >= 0.6 is 0 Å². The van der Waals surface area contributed by atoms with Crippen molar-refractivity contribution in [3.8, 4) is 5.75 Å². The van der Waals surface area contributed by atoms with Gasteiger partial charge in [0.2, 0.25) is 0 Å². The lowest BCUT2D eigenvalue weighted by molar-refractivity contribution is -0.133. The molecule has 0 atom stereocenters. The average Bonchev–Trinajstić information content (AvgIpc) is 2.65. The van der Waals surface area contributed by atoms with Gasteiger partial charge in [0, 0.05) is 30.2 Å². The Morgan fingerprint density at radius 3 is 2.12 bits per heavy atom. The lowest BCUT2D eigenvalue weighted by Crippen LogP contribution is -2.29. The van der Waals surface area contributed by atoms with Gasteiger partial charge < -0.3 is 20.3 Å². The summed E-state index contributed by atoms with van der Waals surface area (Å²) in [7, 11) is 1.56. The third-order valence-electron chi connectivity index (χ3n) is 4.14. The summed E-state index contributed by atoms with van der Waals surface area (Å²) in [4.78, 5) is 26.5. The quantitative estimate of drug-likeness (QED) is 0.779. The van der Waals surface area contributed by atoms with Crippen LogP contribution in [-0.4, -0.2) is 32.0 Å². The van der Waals surface area contributed by atoms with Gasteiger partial charge in [-0.25, -0.2) is 0 Å². The normalized spacial score (nSPS) is 10.2. The van der Waals surface area contributed by atoms with Crippen LogP contribution in [0.15, 0.2) is 42.5 Å². The standard InChI is InChI=1S/C20H25N3O3/c1-5-23(6-2)16-9-12-18(14(3)13-16)22-20(25)19(24)21-15-7-10-17(26-4)11-8-15/h7-13H,5-6H2,1-4H3,(H,21,24)(H,22,25). The smallest absolute Gasteiger partial charge is 0.314 e. The van der Waals surface area contributed by atoms with E-state index in [0.717, 1.165) is 24.3 Å². The molecule has 2 aromatic rings. The second-order valence-corrected chi connectivity index (χ2v) is 5.81. The Morgan fingerprint density at radius 1 is 0.962 bits per heavy atom. The molecule has 2 N–H and O–H groups in total. The van der Waals surface area contributed by atoms with Crippen molar-refractivity contribution in [2.75, 3.05) is 35.7 Å². The van der Waals surface area contributed by atoms with Crippen LogP contribution in [0, 0.1) is 6.92 Å². The van der Waals surface area contributed by atoms with Gasteiger partial charge in [-0.3, -0.25) is 9.59 Å². The second-order valence-electron chi connectivity index (χ2n) is 5.81. The van der Waals surface area contributed by atoms with E-state index in [-0.39, 0.29) is 0 Å². The molecule has 0 radical (unpaired) electrons. The number of ether oxygens (including phenoxy) is 1. The number of benzene rings is 2. The molecule has 6 heteroatoms. The van der Waals surface area contributed by atoms with Crippen LogP contribution in [-0.2, 0) is 9.59 Å². The molecule has 6 nitrogen and oxygen atoms in total. The Hall–Kier alpha value is -3.02. The van der Waals surface area contributed by atoms with E-state index >= 15 is 0 Å². The van der Waals surface area contributed by atoms with Crippen LogP contribution in [0.5, 0.6) is 5.75 Å². The predicted molar refractivity (Wildman–Crippen MR) is 105 cm³/mol. The zero-order chi connectivity index (χ0) is 19.1. The number of aryl methyl sites for hydroxylation is 1. The van der Waals surface area contributed by atoms with Gasteiger partial charge >= 0.3 is 11.8 Å². The maximum atomic E-state index is 12.2. The van der Waals surface area contributed by atoms with Gasteiger partial charge in [-0.2, -0.15) is 0 Å². The molecule has 0 bridgehead atoms. The van der Waals surface area contributed by atoms with Crippen molar-refractivity contribution in [2.45, 2.75) is 20.8 Å². The highest BCUT2D eigenvalue weighted by molar-refractivity contribution is 6.43. The van der Waals surface area contributed by atoms with Crippen molar-refractivity contribution in [1.82, 2.24) is 0 Å². The maximum absolute atomic E-state index is 12.2. The van der Waals surface area contributed by atoms with Gasteiger partial charge in [-0.05, 0) is 68.8 Å². The molecule has 2 aromatic carbocycles. The van der Waals surface area contributed by atoms with E-state index in [1.807, 2.05) is 25.1 Å². The van der Waals surface area contributed by atoms with Gasteiger partial charge in [-0.1, -0.05) is 0 Å². The topological polar surface area (TPSA) is 70.7 Å².